The fourth-order valence-corrected chi connectivity index (χ4v) is 1.79. The second-order valence-corrected chi connectivity index (χ2v) is 4.07. The first-order valence-corrected chi connectivity index (χ1v) is 5.07. The zero-order chi connectivity index (χ0) is 11.0. The molecule has 1 amide bonds. The highest BCUT2D eigenvalue weighted by atomic mass is 79.9. The van der Waals surface area contributed by atoms with Crippen LogP contribution in [0.25, 0.3) is 0 Å². The molecular formula is C9H7BrN2O3. The van der Waals surface area contributed by atoms with E-state index >= 15 is 0 Å². The van der Waals surface area contributed by atoms with Crippen LogP contribution in [0.3, 0.4) is 0 Å². The van der Waals surface area contributed by atoms with E-state index in [9.17, 15) is 14.4 Å². The molecule has 0 unspecified atom stereocenters. The largest absolute Gasteiger partial charge is 0.365 e. The monoisotopic (exact) mass is 270 g/mol. The van der Waals surface area contributed by atoms with Crippen LogP contribution in [0.4, 0.5) is 5.69 Å². The van der Waals surface area contributed by atoms with Crippen molar-refractivity contribution in [2.75, 3.05) is 11.4 Å². The molecule has 15 heavy (non-hydrogen) atoms. The predicted molar refractivity (Wildman–Crippen MR) is 56.7 cm³/mol. The molecule has 0 saturated carbocycles. The number of carbonyl (C=O) groups is 2. The fourth-order valence-electron chi connectivity index (χ4n) is 1.45. The van der Waals surface area contributed by atoms with E-state index in [1.165, 1.54) is 17.3 Å². The van der Waals surface area contributed by atoms with Crippen molar-refractivity contribution >= 4 is 33.3 Å². The molecule has 1 aromatic heterocycles. The first-order valence-electron chi connectivity index (χ1n) is 4.28. The van der Waals surface area contributed by atoms with Crippen LogP contribution in [-0.4, -0.2) is 23.2 Å². The van der Waals surface area contributed by atoms with Gasteiger partial charge in [-0.25, -0.2) is 0 Å². The minimum Gasteiger partial charge on any atom is -0.365 e. The first-order chi connectivity index (χ1) is 7.09. The van der Waals surface area contributed by atoms with Crippen molar-refractivity contribution in [1.82, 2.24) is 4.98 Å². The van der Waals surface area contributed by atoms with Crippen LogP contribution in [0.5, 0.6) is 0 Å². The second kappa shape index (κ2) is 3.62. The summed E-state index contributed by atoms with van der Waals surface area (Å²) in [6.07, 6.45) is 2.78. The van der Waals surface area contributed by atoms with E-state index < -0.39 is 0 Å². The highest BCUT2D eigenvalue weighted by Crippen LogP contribution is 2.16. The molecule has 0 radical (unpaired) electrons. The molecule has 5 nitrogen and oxygen atoms in total. The standard InChI is InChI=1S/C9H7BrN2O3/c10-6-2-11-3-7(9(6)15)12-4-5(13)1-8(12)14/h2-3H,1,4H2,(H,11,15). The molecule has 0 bridgehead atoms. The van der Waals surface area contributed by atoms with E-state index in [1.807, 2.05) is 0 Å². The molecule has 0 spiro atoms. The minimum atomic E-state index is -0.330. The number of hydrogen-bond donors (Lipinski definition) is 1. The Morgan fingerprint density at radius 3 is 2.60 bits per heavy atom. The van der Waals surface area contributed by atoms with Crippen molar-refractivity contribution < 1.29 is 9.59 Å². The Balaban J connectivity index is 2.47. The topological polar surface area (TPSA) is 70.2 Å². The number of amides is 1. The van der Waals surface area contributed by atoms with Gasteiger partial charge < -0.3 is 4.98 Å². The number of carbonyl (C=O) groups excluding carboxylic acids is 2. The Hall–Kier alpha value is -1.43. The lowest BCUT2D eigenvalue weighted by atomic mass is 10.3. The summed E-state index contributed by atoms with van der Waals surface area (Å²) < 4.78 is 0.340. The van der Waals surface area contributed by atoms with Gasteiger partial charge in [-0.15, -0.1) is 0 Å². The Morgan fingerprint density at radius 1 is 1.27 bits per heavy atom. The molecular weight excluding hydrogens is 264 g/mol. The zero-order valence-corrected chi connectivity index (χ0v) is 9.20. The molecule has 0 aliphatic carbocycles. The molecule has 0 atom stereocenters. The van der Waals surface area contributed by atoms with Crippen molar-refractivity contribution in [3.8, 4) is 0 Å². The third kappa shape index (κ3) is 1.72. The van der Waals surface area contributed by atoms with Crippen LogP contribution in [0, 0.1) is 0 Å². The quantitative estimate of drug-likeness (QED) is 0.753. The third-order valence-corrected chi connectivity index (χ3v) is 2.74. The van der Waals surface area contributed by atoms with Gasteiger partial charge in [0.2, 0.25) is 11.3 Å². The summed E-state index contributed by atoms with van der Waals surface area (Å²) in [5.74, 6) is -0.497. The Kier molecular flexibility index (Phi) is 2.44. The lowest BCUT2D eigenvalue weighted by Gasteiger charge is -2.13. The Bertz CT molecular complexity index is 494. The number of ketones is 1. The molecule has 1 aliphatic heterocycles. The molecule has 6 heteroatoms. The highest BCUT2D eigenvalue weighted by Gasteiger charge is 2.30. The average molecular weight is 271 g/mol. The SMILES string of the molecule is O=C1CC(=O)N(c2c[nH]cc(Br)c2=O)C1. The summed E-state index contributed by atoms with van der Waals surface area (Å²) in [7, 11) is 0. The molecule has 1 saturated heterocycles. The molecule has 1 aromatic rings. The van der Waals surface area contributed by atoms with Crippen LogP contribution in [0.15, 0.2) is 21.7 Å². The van der Waals surface area contributed by atoms with Crippen molar-refractivity contribution in [1.29, 1.82) is 0 Å². The van der Waals surface area contributed by atoms with Crippen LogP contribution in [0.2, 0.25) is 0 Å². The molecule has 2 heterocycles. The fraction of sp³-hybridized carbons (Fsp3) is 0.222. The van der Waals surface area contributed by atoms with Gasteiger partial charge in [0.05, 0.1) is 17.4 Å². The number of rotatable bonds is 1. The van der Waals surface area contributed by atoms with E-state index in [1.54, 1.807) is 0 Å². The molecule has 78 valence electrons. The maximum absolute atomic E-state index is 11.6. The van der Waals surface area contributed by atoms with Gasteiger partial charge in [-0.3, -0.25) is 19.3 Å². The third-order valence-electron chi connectivity index (χ3n) is 2.15. The predicted octanol–water partition coefficient (Wildman–Crippen LogP) is 0.443. The lowest BCUT2D eigenvalue weighted by Crippen LogP contribution is -2.29. The van der Waals surface area contributed by atoms with Crippen molar-refractivity contribution in [2.45, 2.75) is 6.42 Å². The molecule has 2 rings (SSSR count). The van der Waals surface area contributed by atoms with E-state index in [0.717, 1.165) is 0 Å². The van der Waals surface area contributed by atoms with E-state index in [4.69, 9.17) is 0 Å². The summed E-state index contributed by atoms with van der Waals surface area (Å²) in [6, 6.07) is 0. The molecule has 1 fully saturated rings. The number of Topliss-reactive ketones (excluding diaryl/α,β-unsaturated/α-hetero) is 1. The van der Waals surface area contributed by atoms with E-state index in [0.29, 0.717) is 4.47 Å². The number of hydrogen-bond acceptors (Lipinski definition) is 3. The average Bonchev–Trinajstić information content (AvgIpc) is 2.50. The molecule has 1 aliphatic rings. The summed E-state index contributed by atoms with van der Waals surface area (Å²) in [5, 5.41) is 0. The maximum atomic E-state index is 11.6. The zero-order valence-electron chi connectivity index (χ0n) is 7.62. The van der Waals surface area contributed by atoms with Gasteiger partial charge in [0, 0.05) is 12.4 Å². The Morgan fingerprint density at radius 2 is 2.00 bits per heavy atom. The van der Waals surface area contributed by atoms with Crippen molar-refractivity contribution in [3.63, 3.8) is 0 Å². The Labute approximate surface area is 93.2 Å². The maximum Gasteiger partial charge on any atom is 0.235 e. The van der Waals surface area contributed by atoms with Crippen molar-refractivity contribution in [3.05, 3.63) is 27.1 Å². The number of aromatic amines is 1. The number of halogens is 1. The van der Waals surface area contributed by atoms with Gasteiger partial charge in [-0.2, -0.15) is 0 Å². The van der Waals surface area contributed by atoms with Gasteiger partial charge in [-0.1, -0.05) is 0 Å². The van der Waals surface area contributed by atoms with E-state index in [-0.39, 0.29) is 35.8 Å². The molecule has 0 aromatic carbocycles. The summed E-state index contributed by atoms with van der Waals surface area (Å²) in [6.45, 7) is -0.0155. The van der Waals surface area contributed by atoms with Crippen LogP contribution >= 0.6 is 15.9 Å². The number of aromatic nitrogens is 1. The number of H-pyrrole nitrogens is 1. The lowest BCUT2D eigenvalue weighted by molar-refractivity contribution is -0.121. The normalized spacial score (nSPS) is 16.2. The van der Waals surface area contributed by atoms with Gasteiger partial charge in [0.25, 0.3) is 0 Å². The van der Waals surface area contributed by atoms with Gasteiger partial charge in [0.15, 0.2) is 5.78 Å². The summed E-state index contributed by atoms with van der Waals surface area (Å²) in [4.78, 5) is 38.0. The number of pyridine rings is 1. The van der Waals surface area contributed by atoms with Crippen LogP contribution in [-0.2, 0) is 9.59 Å². The van der Waals surface area contributed by atoms with Crippen LogP contribution < -0.4 is 10.3 Å². The number of anilines is 1. The van der Waals surface area contributed by atoms with Crippen LogP contribution in [0.1, 0.15) is 6.42 Å². The summed E-state index contributed by atoms with van der Waals surface area (Å²) in [5.41, 5.74) is -0.0861. The first kappa shape index (κ1) is 10.1. The smallest absolute Gasteiger partial charge is 0.235 e. The number of nitrogens with zero attached hydrogens (tertiary/aromatic N) is 1. The van der Waals surface area contributed by atoms with Crippen molar-refractivity contribution in [2.24, 2.45) is 0 Å². The van der Waals surface area contributed by atoms with E-state index in [2.05, 4.69) is 20.9 Å². The molecule has 1 N–H and O–H groups in total. The van der Waals surface area contributed by atoms with Gasteiger partial charge in [-0.05, 0) is 15.9 Å². The van der Waals surface area contributed by atoms with Gasteiger partial charge >= 0.3 is 0 Å². The summed E-state index contributed by atoms with van der Waals surface area (Å²) >= 11 is 3.06. The minimum absolute atomic E-state index is 0.0155. The van der Waals surface area contributed by atoms with Gasteiger partial charge in [0.1, 0.15) is 5.69 Å². The highest BCUT2D eigenvalue weighted by molar-refractivity contribution is 9.10. The number of nitrogens with one attached hydrogen (secondary N) is 1. The second-order valence-electron chi connectivity index (χ2n) is 3.21.